The maximum atomic E-state index is 12.9. The van der Waals surface area contributed by atoms with Crippen LogP contribution in [-0.2, 0) is 11.3 Å². The van der Waals surface area contributed by atoms with Gasteiger partial charge in [0, 0.05) is 16.6 Å². The molecule has 3 rings (SSSR count). The number of carbonyl (C=O) groups excluding carboxylic acids is 1. The number of thiophene rings is 1. The second-order valence-electron chi connectivity index (χ2n) is 5.77. The number of hydrogen-bond donors (Lipinski definition) is 0. The van der Waals surface area contributed by atoms with Crippen LogP contribution < -0.4 is 9.64 Å². The quantitative estimate of drug-likeness (QED) is 0.578. The first-order valence-electron chi connectivity index (χ1n) is 8.36. The van der Waals surface area contributed by atoms with Gasteiger partial charge in [-0.1, -0.05) is 18.2 Å². The lowest BCUT2D eigenvalue weighted by molar-refractivity contribution is -0.114. The van der Waals surface area contributed by atoms with Crippen LogP contribution in [0.1, 0.15) is 16.0 Å². The summed E-state index contributed by atoms with van der Waals surface area (Å²) in [6, 6.07) is 20.6. The van der Waals surface area contributed by atoms with E-state index < -0.39 is 0 Å². The molecule has 0 aliphatic rings. The molecule has 0 N–H and O–H groups in total. The number of benzene rings is 2. The van der Waals surface area contributed by atoms with E-state index in [4.69, 9.17) is 10.00 Å². The Balaban J connectivity index is 1.82. The van der Waals surface area contributed by atoms with Crippen molar-refractivity contribution in [2.24, 2.45) is 0 Å². The second-order valence-corrected chi connectivity index (χ2v) is 6.80. The van der Waals surface area contributed by atoms with Crippen molar-refractivity contribution in [2.75, 3.05) is 12.0 Å². The van der Waals surface area contributed by atoms with Crippen LogP contribution in [0.3, 0.4) is 0 Å². The average Bonchev–Trinajstić information content (AvgIpc) is 3.24. The Morgan fingerprint density at radius 2 is 1.89 bits per heavy atom. The third-order valence-electron chi connectivity index (χ3n) is 4.00. The van der Waals surface area contributed by atoms with Gasteiger partial charge < -0.3 is 9.64 Å². The lowest BCUT2D eigenvalue weighted by Gasteiger charge is -2.21. The monoisotopic (exact) mass is 374 g/mol. The molecule has 3 aromatic rings. The molecule has 27 heavy (non-hydrogen) atoms. The molecule has 0 bridgehead atoms. The van der Waals surface area contributed by atoms with Gasteiger partial charge in [-0.2, -0.15) is 5.26 Å². The minimum Gasteiger partial charge on any atom is -0.497 e. The summed E-state index contributed by atoms with van der Waals surface area (Å²) < 4.78 is 5.20. The molecule has 0 aliphatic carbocycles. The zero-order chi connectivity index (χ0) is 19.1. The third kappa shape index (κ3) is 4.84. The van der Waals surface area contributed by atoms with E-state index in [0.717, 1.165) is 21.9 Å². The first-order chi connectivity index (χ1) is 13.2. The minimum atomic E-state index is -0.113. The molecule has 0 unspecified atom stereocenters. The van der Waals surface area contributed by atoms with E-state index in [0.29, 0.717) is 12.1 Å². The highest BCUT2D eigenvalue weighted by Gasteiger charge is 2.14. The van der Waals surface area contributed by atoms with E-state index in [1.165, 1.54) is 0 Å². The molecule has 0 saturated heterocycles. The van der Waals surface area contributed by atoms with E-state index in [2.05, 4.69) is 6.07 Å². The van der Waals surface area contributed by atoms with Crippen molar-refractivity contribution in [3.63, 3.8) is 0 Å². The van der Waals surface area contributed by atoms with Gasteiger partial charge in [-0.3, -0.25) is 4.79 Å². The van der Waals surface area contributed by atoms with E-state index >= 15 is 0 Å². The lowest BCUT2D eigenvalue weighted by Crippen LogP contribution is -2.28. The van der Waals surface area contributed by atoms with Crippen LogP contribution in [0.5, 0.6) is 5.75 Å². The largest absolute Gasteiger partial charge is 0.497 e. The number of anilines is 1. The van der Waals surface area contributed by atoms with Crippen LogP contribution >= 0.6 is 11.3 Å². The van der Waals surface area contributed by atoms with Crippen LogP contribution in [-0.4, -0.2) is 13.0 Å². The van der Waals surface area contributed by atoms with Gasteiger partial charge >= 0.3 is 0 Å². The van der Waals surface area contributed by atoms with Crippen molar-refractivity contribution in [1.82, 2.24) is 0 Å². The Morgan fingerprint density at radius 3 is 2.48 bits per heavy atom. The zero-order valence-electron chi connectivity index (χ0n) is 14.8. The standard InChI is InChI=1S/C22H18N2O2S/c1-26-20-11-9-19(10-12-20)24(16-21-3-2-14-27-21)22(25)13-8-17-4-6-18(15-23)7-5-17/h2-14H,16H2,1H3/b13-8+. The molecular formula is C22H18N2O2S. The molecule has 1 amide bonds. The summed E-state index contributed by atoms with van der Waals surface area (Å²) in [5.74, 6) is 0.633. The highest BCUT2D eigenvalue weighted by atomic mass is 32.1. The smallest absolute Gasteiger partial charge is 0.251 e. The highest BCUT2D eigenvalue weighted by Crippen LogP contribution is 2.23. The van der Waals surface area contributed by atoms with Crippen molar-refractivity contribution < 1.29 is 9.53 Å². The third-order valence-corrected chi connectivity index (χ3v) is 4.86. The molecule has 0 atom stereocenters. The Bertz CT molecular complexity index is 953. The topological polar surface area (TPSA) is 53.3 Å². The van der Waals surface area contributed by atoms with Gasteiger partial charge in [0.1, 0.15) is 5.75 Å². The van der Waals surface area contributed by atoms with Crippen molar-refractivity contribution in [2.45, 2.75) is 6.54 Å². The van der Waals surface area contributed by atoms with Crippen molar-refractivity contribution >= 4 is 29.0 Å². The van der Waals surface area contributed by atoms with Crippen LogP contribution in [0.2, 0.25) is 0 Å². The molecule has 0 spiro atoms. The predicted octanol–water partition coefficient (Wildman–Crippen LogP) is 4.87. The summed E-state index contributed by atoms with van der Waals surface area (Å²) in [4.78, 5) is 15.7. The summed E-state index contributed by atoms with van der Waals surface area (Å²) in [6.07, 6.45) is 3.31. The van der Waals surface area contributed by atoms with Crippen LogP contribution in [0.4, 0.5) is 5.69 Å². The molecule has 0 fully saturated rings. The van der Waals surface area contributed by atoms with E-state index in [9.17, 15) is 4.79 Å². The van der Waals surface area contributed by atoms with Crippen molar-refractivity contribution in [3.05, 3.63) is 88.1 Å². The van der Waals surface area contributed by atoms with E-state index in [1.54, 1.807) is 47.6 Å². The Morgan fingerprint density at radius 1 is 1.15 bits per heavy atom. The number of amides is 1. The maximum Gasteiger partial charge on any atom is 0.251 e. The lowest BCUT2D eigenvalue weighted by atomic mass is 10.1. The summed E-state index contributed by atoms with van der Waals surface area (Å²) >= 11 is 1.62. The van der Waals surface area contributed by atoms with Gasteiger partial charge in [0.2, 0.25) is 0 Å². The predicted molar refractivity (Wildman–Crippen MR) is 109 cm³/mol. The summed E-state index contributed by atoms with van der Waals surface area (Å²) in [6.45, 7) is 0.501. The number of ether oxygens (including phenoxy) is 1. The van der Waals surface area contributed by atoms with Gasteiger partial charge in [-0.05, 0) is 59.5 Å². The molecule has 134 valence electrons. The Labute approximate surface area is 162 Å². The molecule has 0 radical (unpaired) electrons. The average molecular weight is 374 g/mol. The zero-order valence-corrected chi connectivity index (χ0v) is 15.6. The van der Waals surface area contributed by atoms with E-state index in [1.807, 2.05) is 53.9 Å². The first-order valence-corrected chi connectivity index (χ1v) is 9.24. The van der Waals surface area contributed by atoms with Crippen molar-refractivity contribution in [1.29, 1.82) is 5.26 Å². The number of rotatable bonds is 6. The van der Waals surface area contributed by atoms with Gasteiger partial charge in [0.05, 0.1) is 25.3 Å². The SMILES string of the molecule is COc1ccc(N(Cc2cccs2)C(=O)/C=C/c2ccc(C#N)cc2)cc1. The summed E-state index contributed by atoms with van der Waals surface area (Å²) in [5.41, 5.74) is 2.27. The fraction of sp³-hybridized carbons (Fsp3) is 0.0909. The number of hydrogen-bond acceptors (Lipinski definition) is 4. The van der Waals surface area contributed by atoms with Gasteiger partial charge in [-0.25, -0.2) is 0 Å². The van der Waals surface area contributed by atoms with Gasteiger partial charge in [0.25, 0.3) is 5.91 Å². The molecule has 5 heteroatoms. The molecular weight excluding hydrogens is 356 g/mol. The maximum absolute atomic E-state index is 12.9. The Hall–Kier alpha value is -3.36. The second kappa shape index (κ2) is 8.84. The number of nitriles is 1. The fourth-order valence-electron chi connectivity index (χ4n) is 2.54. The molecule has 2 aromatic carbocycles. The summed E-state index contributed by atoms with van der Waals surface area (Å²) in [7, 11) is 1.61. The number of carbonyl (C=O) groups is 1. The first kappa shape index (κ1) is 18.4. The van der Waals surface area contributed by atoms with Gasteiger partial charge in [0.15, 0.2) is 0 Å². The van der Waals surface area contributed by atoms with Crippen LogP contribution in [0.15, 0.2) is 72.1 Å². The Kier molecular flexibility index (Phi) is 6.03. The summed E-state index contributed by atoms with van der Waals surface area (Å²) in [5, 5.41) is 10.9. The van der Waals surface area contributed by atoms with E-state index in [-0.39, 0.29) is 5.91 Å². The van der Waals surface area contributed by atoms with Crippen LogP contribution in [0.25, 0.3) is 6.08 Å². The minimum absolute atomic E-state index is 0.113. The van der Waals surface area contributed by atoms with Crippen LogP contribution in [0, 0.1) is 11.3 Å². The fourth-order valence-corrected chi connectivity index (χ4v) is 3.24. The molecule has 4 nitrogen and oxygen atoms in total. The molecule has 0 aliphatic heterocycles. The van der Waals surface area contributed by atoms with Gasteiger partial charge in [-0.15, -0.1) is 11.3 Å². The highest BCUT2D eigenvalue weighted by molar-refractivity contribution is 7.09. The van der Waals surface area contributed by atoms with Crippen molar-refractivity contribution in [3.8, 4) is 11.8 Å². The normalized spacial score (nSPS) is 10.5. The molecule has 1 heterocycles. The number of methoxy groups -OCH3 is 1. The molecule has 1 aromatic heterocycles. The molecule has 0 saturated carbocycles. The number of nitrogens with zero attached hydrogens (tertiary/aromatic N) is 2.